The van der Waals surface area contributed by atoms with Crippen LogP contribution in [-0.4, -0.2) is 26.1 Å². The van der Waals surface area contributed by atoms with Crippen molar-refractivity contribution in [1.29, 1.82) is 0 Å². The van der Waals surface area contributed by atoms with E-state index in [9.17, 15) is 9.90 Å². The quantitative estimate of drug-likeness (QED) is 0.847. The standard InChI is InChI=1S/C11H17N3O2/c1-8(2)14-7-9(12-13-14)11(10(15)16)5-3-4-6-11/h7-8H,3-6H2,1-2H3,(H,15,16). The lowest BCUT2D eigenvalue weighted by molar-refractivity contribution is -0.143. The van der Waals surface area contributed by atoms with Crippen LogP contribution in [0, 0.1) is 0 Å². The van der Waals surface area contributed by atoms with E-state index in [4.69, 9.17) is 0 Å². The molecule has 1 aromatic rings. The highest BCUT2D eigenvalue weighted by molar-refractivity contribution is 5.80. The van der Waals surface area contributed by atoms with Gasteiger partial charge >= 0.3 is 5.97 Å². The van der Waals surface area contributed by atoms with Gasteiger partial charge in [0.05, 0.1) is 5.69 Å². The van der Waals surface area contributed by atoms with E-state index in [0.717, 1.165) is 12.8 Å². The number of aromatic nitrogens is 3. The molecule has 0 bridgehead atoms. The summed E-state index contributed by atoms with van der Waals surface area (Å²) in [6.07, 6.45) is 5.06. The number of aliphatic carboxylic acids is 1. The van der Waals surface area contributed by atoms with Crippen LogP contribution in [0.2, 0.25) is 0 Å². The second-order valence-corrected chi connectivity index (χ2v) is 4.77. The number of carbonyl (C=O) groups is 1. The van der Waals surface area contributed by atoms with Crippen LogP contribution in [0.1, 0.15) is 51.3 Å². The van der Waals surface area contributed by atoms with Crippen molar-refractivity contribution in [3.05, 3.63) is 11.9 Å². The van der Waals surface area contributed by atoms with Gasteiger partial charge in [0, 0.05) is 12.2 Å². The number of hydrogen-bond acceptors (Lipinski definition) is 3. The van der Waals surface area contributed by atoms with Crippen molar-refractivity contribution in [3.8, 4) is 0 Å². The van der Waals surface area contributed by atoms with E-state index in [-0.39, 0.29) is 6.04 Å². The molecule has 0 amide bonds. The molecule has 1 aromatic heterocycles. The molecule has 0 saturated heterocycles. The SMILES string of the molecule is CC(C)n1cc(C2(C(=O)O)CCCC2)nn1. The largest absolute Gasteiger partial charge is 0.481 e. The van der Waals surface area contributed by atoms with Crippen LogP contribution in [0.5, 0.6) is 0 Å². The van der Waals surface area contributed by atoms with Crippen molar-refractivity contribution in [2.24, 2.45) is 0 Å². The normalized spacial score (nSPS) is 19.2. The smallest absolute Gasteiger partial charge is 0.315 e. The van der Waals surface area contributed by atoms with Crippen LogP contribution in [0.3, 0.4) is 0 Å². The Labute approximate surface area is 94.5 Å². The molecule has 0 unspecified atom stereocenters. The zero-order chi connectivity index (χ0) is 11.8. The van der Waals surface area contributed by atoms with Gasteiger partial charge in [-0.3, -0.25) is 4.79 Å². The molecule has 1 fully saturated rings. The number of carboxylic acids is 1. The molecule has 1 saturated carbocycles. The van der Waals surface area contributed by atoms with Crippen LogP contribution >= 0.6 is 0 Å². The third-order valence-corrected chi connectivity index (χ3v) is 3.40. The molecule has 1 N–H and O–H groups in total. The topological polar surface area (TPSA) is 68.0 Å². The first-order valence-electron chi connectivity index (χ1n) is 5.72. The lowest BCUT2D eigenvalue weighted by Gasteiger charge is -2.20. The molecule has 88 valence electrons. The van der Waals surface area contributed by atoms with Gasteiger partial charge in [-0.2, -0.15) is 0 Å². The van der Waals surface area contributed by atoms with Gasteiger partial charge in [0.2, 0.25) is 0 Å². The summed E-state index contributed by atoms with van der Waals surface area (Å²) >= 11 is 0. The number of nitrogens with zero attached hydrogens (tertiary/aromatic N) is 3. The summed E-state index contributed by atoms with van der Waals surface area (Å²) in [6, 6.07) is 0.216. The summed E-state index contributed by atoms with van der Waals surface area (Å²) in [6.45, 7) is 4.00. The van der Waals surface area contributed by atoms with E-state index in [1.165, 1.54) is 0 Å². The molecule has 0 radical (unpaired) electrons. The minimum Gasteiger partial charge on any atom is -0.481 e. The van der Waals surface area contributed by atoms with E-state index < -0.39 is 11.4 Å². The average Bonchev–Trinajstić information content (AvgIpc) is 2.87. The fraction of sp³-hybridized carbons (Fsp3) is 0.727. The van der Waals surface area contributed by atoms with Gasteiger partial charge < -0.3 is 5.11 Å². The average molecular weight is 223 g/mol. The van der Waals surface area contributed by atoms with Crippen molar-refractivity contribution in [2.75, 3.05) is 0 Å². The highest BCUT2D eigenvalue weighted by atomic mass is 16.4. The van der Waals surface area contributed by atoms with Gasteiger partial charge in [0.15, 0.2) is 0 Å². The van der Waals surface area contributed by atoms with Crippen LogP contribution in [-0.2, 0) is 10.2 Å². The van der Waals surface area contributed by atoms with Gasteiger partial charge in [-0.1, -0.05) is 18.1 Å². The molecule has 0 atom stereocenters. The number of hydrogen-bond donors (Lipinski definition) is 1. The Morgan fingerprint density at radius 1 is 1.50 bits per heavy atom. The third-order valence-electron chi connectivity index (χ3n) is 3.40. The minimum atomic E-state index is -0.785. The van der Waals surface area contributed by atoms with Crippen LogP contribution in [0.4, 0.5) is 0 Å². The maximum Gasteiger partial charge on any atom is 0.315 e. The van der Waals surface area contributed by atoms with Crippen LogP contribution in [0.15, 0.2) is 6.20 Å². The first-order chi connectivity index (χ1) is 7.56. The number of rotatable bonds is 3. The highest BCUT2D eigenvalue weighted by Gasteiger charge is 2.45. The summed E-state index contributed by atoms with van der Waals surface area (Å²) in [4.78, 5) is 11.4. The molecule has 16 heavy (non-hydrogen) atoms. The van der Waals surface area contributed by atoms with E-state index >= 15 is 0 Å². The highest BCUT2D eigenvalue weighted by Crippen LogP contribution is 2.40. The molecular formula is C11H17N3O2. The summed E-state index contributed by atoms with van der Waals surface area (Å²) in [5.74, 6) is -0.763. The molecule has 1 aliphatic rings. The maximum atomic E-state index is 11.4. The van der Waals surface area contributed by atoms with Gasteiger partial charge in [-0.25, -0.2) is 4.68 Å². The van der Waals surface area contributed by atoms with E-state index in [1.54, 1.807) is 10.9 Å². The molecule has 0 aromatic carbocycles. The van der Waals surface area contributed by atoms with Gasteiger partial charge in [-0.05, 0) is 26.7 Å². The predicted molar refractivity (Wildman–Crippen MR) is 58.2 cm³/mol. The zero-order valence-corrected chi connectivity index (χ0v) is 9.68. The molecule has 0 spiro atoms. The second kappa shape index (κ2) is 3.88. The van der Waals surface area contributed by atoms with Crippen LogP contribution in [0.25, 0.3) is 0 Å². The lowest BCUT2D eigenvalue weighted by Crippen LogP contribution is -2.33. The molecule has 2 rings (SSSR count). The summed E-state index contributed by atoms with van der Waals surface area (Å²) in [5.41, 5.74) is -0.168. The Hall–Kier alpha value is -1.39. The zero-order valence-electron chi connectivity index (χ0n) is 9.68. The van der Waals surface area contributed by atoms with Gasteiger partial charge in [-0.15, -0.1) is 5.10 Å². The maximum absolute atomic E-state index is 11.4. The first kappa shape index (κ1) is 11.1. The first-order valence-corrected chi connectivity index (χ1v) is 5.72. The Kier molecular flexibility index (Phi) is 2.69. The lowest BCUT2D eigenvalue weighted by atomic mass is 9.83. The van der Waals surface area contributed by atoms with E-state index in [0.29, 0.717) is 18.5 Å². The second-order valence-electron chi connectivity index (χ2n) is 4.77. The van der Waals surface area contributed by atoms with Crippen LogP contribution < -0.4 is 0 Å². The van der Waals surface area contributed by atoms with Crippen molar-refractivity contribution in [3.63, 3.8) is 0 Å². The van der Waals surface area contributed by atoms with E-state index in [2.05, 4.69) is 10.3 Å². The van der Waals surface area contributed by atoms with Crippen molar-refractivity contribution in [2.45, 2.75) is 51.0 Å². The fourth-order valence-electron chi connectivity index (χ4n) is 2.31. The monoisotopic (exact) mass is 223 g/mol. The summed E-state index contributed by atoms with van der Waals surface area (Å²) in [5, 5.41) is 17.4. The molecule has 5 nitrogen and oxygen atoms in total. The summed E-state index contributed by atoms with van der Waals surface area (Å²) < 4.78 is 1.72. The van der Waals surface area contributed by atoms with Gasteiger partial charge in [0.25, 0.3) is 0 Å². The molecule has 1 heterocycles. The molecule has 5 heteroatoms. The molecule has 1 aliphatic carbocycles. The summed E-state index contributed by atoms with van der Waals surface area (Å²) in [7, 11) is 0. The Morgan fingerprint density at radius 2 is 2.12 bits per heavy atom. The Balaban J connectivity index is 2.36. The van der Waals surface area contributed by atoms with E-state index in [1.807, 2.05) is 13.8 Å². The predicted octanol–water partition coefficient (Wildman–Crippen LogP) is 1.76. The fourth-order valence-corrected chi connectivity index (χ4v) is 2.31. The Morgan fingerprint density at radius 3 is 2.56 bits per heavy atom. The minimum absolute atomic E-state index is 0.216. The Bertz CT molecular complexity index is 392. The molecular weight excluding hydrogens is 206 g/mol. The third kappa shape index (κ3) is 1.60. The van der Waals surface area contributed by atoms with Crippen molar-refractivity contribution >= 4 is 5.97 Å². The van der Waals surface area contributed by atoms with Crippen molar-refractivity contribution in [1.82, 2.24) is 15.0 Å². The number of carboxylic acid groups (broad SMARTS) is 1. The van der Waals surface area contributed by atoms with Crippen molar-refractivity contribution < 1.29 is 9.90 Å². The molecule has 0 aliphatic heterocycles. The van der Waals surface area contributed by atoms with Gasteiger partial charge in [0.1, 0.15) is 5.41 Å².